The van der Waals surface area contributed by atoms with Gasteiger partial charge in [0.15, 0.2) is 6.10 Å². The highest BCUT2D eigenvalue weighted by Gasteiger charge is 2.34. The van der Waals surface area contributed by atoms with E-state index in [1.54, 1.807) is 12.1 Å². The van der Waals surface area contributed by atoms with E-state index in [1.165, 1.54) is 13.2 Å². The Balaban J connectivity index is 2.20. The average molecular weight is 299 g/mol. The molecule has 0 spiro atoms. The number of esters is 1. The lowest BCUT2D eigenvalue weighted by Crippen LogP contribution is -2.22. The average Bonchev–Trinajstić information content (AvgIpc) is 2.70. The molecule has 0 amide bonds. The molecule has 0 saturated heterocycles. The third-order valence-corrected chi connectivity index (χ3v) is 3.05. The van der Waals surface area contributed by atoms with Gasteiger partial charge in [-0.25, -0.2) is 4.79 Å². The van der Waals surface area contributed by atoms with Gasteiger partial charge in [0.05, 0.1) is 13.2 Å². The Morgan fingerprint density at radius 1 is 1.41 bits per heavy atom. The van der Waals surface area contributed by atoms with Gasteiger partial charge in [-0.05, 0) is 17.7 Å². The molecule has 0 saturated carbocycles. The van der Waals surface area contributed by atoms with E-state index in [0.717, 1.165) is 4.47 Å². The van der Waals surface area contributed by atoms with Crippen molar-refractivity contribution in [3.05, 3.63) is 46.1 Å². The van der Waals surface area contributed by atoms with E-state index in [0.29, 0.717) is 11.3 Å². The van der Waals surface area contributed by atoms with Gasteiger partial charge in [-0.15, -0.1) is 0 Å². The summed E-state index contributed by atoms with van der Waals surface area (Å²) in [6.45, 7) is 0. The van der Waals surface area contributed by atoms with Crippen LogP contribution in [0.3, 0.4) is 0 Å². The summed E-state index contributed by atoms with van der Waals surface area (Å²) in [5, 5.41) is 10.1. The van der Waals surface area contributed by atoms with E-state index in [1.807, 2.05) is 12.1 Å². The zero-order valence-corrected chi connectivity index (χ0v) is 10.7. The van der Waals surface area contributed by atoms with Crippen LogP contribution in [-0.4, -0.2) is 24.3 Å². The van der Waals surface area contributed by atoms with Crippen LogP contribution in [0.25, 0.3) is 0 Å². The van der Waals surface area contributed by atoms with Gasteiger partial charge in [-0.1, -0.05) is 28.1 Å². The molecule has 5 heteroatoms. The Bertz CT molecular complexity index is 452. The first-order valence-corrected chi connectivity index (χ1v) is 5.81. The molecule has 1 aliphatic rings. The van der Waals surface area contributed by atoms with E-state index in [9.17, 15) is 9.90 Å². The van der Waals surface area contributed by atoms with Gasteiger partial charge in [-0.2, -0.15) is 0 Å². The number of carbonyl (C=O) groups is 1. The van der Waals surface area contributed by atoms with Crippen LogP contribution in [0.2, 0.25) is 0 Å². The van der Waals surface area contributed by atoms with Gasteiger partial charge in [0.2, 0.25) is 0 Å². The number of benzene rings is 1. The van der Waals surface area contributed by atoms with Crippen molar-refractivity contribution in [3.63, 3.8) is 0 Å². The van der Waals surface area contributed by atoms with Crippen molar-refractivity contribution in [1.82, 2.24) is 0 Å². The molecule has 0 aliphatic carbocycles. The number of carbonyl (C=O) groups excluding carboxylic acids is 1. The zero-order chi connectivity index (χ0) is 12.4. The molecule has 0 radical (unpaired) electrons. The second-order valence-electron chi connectivity index (χ2n) is 3.60. The molecule has 90 valence electrons. The fourth-order valence-electron chi connectivity index (χ4n) is 1.65. The first kappa shape index (κ1) is 12.1. The Morgan fingerprint density at radius 3 is 2.65 bits per heavy atom. The molecule has 1 aromatic carbocycles. The van der Waals surface area contributed by atoms with Crippen molar-refractivity contribution < 1.29 is 19.4 Å². The zero-order valence-electron chi connectivity index (χ0n) is 9.09. The van der Waals surface area contributed by atoms with Crippen LogP contribution < -0.4 is 0 Å². The highest BCUT2D eigenvalue weighted by atomic mass is 79.9. The summed E-state index contributed by atoms with van der Waals surface area (Å²) >= 11 is 3.31. The van der Waals surface area contributed by atoms with Gasteiger partial charge in [0.1, 0.15) is 11.9 Å². The molecule has 4 nitrogen and oxygen atoms in total. The highest BCUT2D eigenvalue weighted by Crippen LogP contribution is 2.29. The summed E-state index contributed by atoms with van der Waals surface area (Å²) in [5.41, 5.74) is 0.663. The lowest BCUT2D eigenvalue weighted by atomic mass is 10.0. The van der Waals surface area contributed by atoms with Crippen LogP contribution in [0.5, 0.6) is 0 Å². The van der Waals surface area contributed by atoms with E-state index < -0.39 is 18.2 Å². The summed E-state index contributed by atoms with van der Waals surface area (Å²) < 4.78 is 10.9. The van der Waals surface area contributed by atoms with Crippen molar-refractivity contribution in [3.8, 4) is 0 Å². The predicted octanol–water partition coefficient (Wildman–Crippen LogP) is 1.94. The first-order valence-electron chi connectivity index (χ1n) is 5.01. The molecule has 17 heavy (non-hydrogen) atoms. The molecule has 1 aromatic rings. The SMILES string of the molecule is COC1=CC(=O)OC1C(O)c1ccc(Br)cc1. The number of cyclic esters (lactones) is 1. The van der Waals surface area contributed by atoms with Gasteiger partial charge < -0.3 is 14.6 Å². The normalized spacial score (nSPS) is 20.8. The van der Waals surface area contributed by atoms with Crippen molar-refractivity contribution in [1.29, 1.82) is 0 Å². The Morgan fingerprint density at radius 2 is 2.06 bits per heavy atom. The number of aliphatic hydroxyl groups is 1. The Hall–Kier alpha value is -1.33. The second-order valence-corrected chi connectivity index (χ2v) is 4.52. The summed E-state index contributed by atoms with van der Waals surface area (Å²) in [7, 11) is 1.44. The lowest BCUT2D eigenvalue weighted by Gasteiger charge is -2.19. The van der Waals surface area contributed by atoms with E-state index in [-0.39, 0.29) is 0 Å². The molecule has 1 N–H and O–H groups in total. The molecular formula is C12H11BrO4. The fraction of sp³-hybridized carbons (Fsp3) is 0.250. The third kappa shape index (κ3) is 2.50. The quantitative estimate of drug-likeness (QED) is 0.867. The standard InChI is InChI=1S/C12H11BrO4/c1-16-9-6-10(14)17-12(9)11(15)7-2-4-8(13)5-3-7/h2-6,11-12,15H,1H3. The Labute approximate surface area is 107 Å². The minimum absolute atomic E-state index is 0.338. The smallest absolute Gasteiger partial charge is 0.335 e. The molecule has 1 aliphatic heterocycles. The van der Waals surface area contributed by atoms with Gasteiger partial charge in [0.25, 0.3) is 0 Å². The molecule has 1 heterocycles. The Kier molecular flexibility index (Phi) is 3.49. The van der Waals surface area contributed by atoms with Gasteiger partial charge >= 0.3 is 5.97 Å². The fourth-order valence-corrected chi connectivity index (χ4v) is 1.91. The van der Waals surface area contributed by atoms with Gasteiger partial charge in [0, 0.05) is 4.47 Å². The van der Waals surface area contributed by atoms with E-state index >= 15 is 0 Å². The molecule has 2 unspecified atom stereocenters. The van der Waals surface area contributed by atoms with Crippen molar-refractivity contribution in [2.24, 2.45) is 0 Å². The number of hydrogen-bond acceptors (Lipinski definition) is 4. The van der Waals surface area contributed by atoms with Crippen molar-refractivity contribution >= 4 is 21.9 Å². The molecular weight excluding hydrogens is 288 g/mol. The molecule has 0 fully saturated rings. The number of rotatable bonds is 3. The van der Waals surface area contributed by atoms with Crippen LogP contribution in [0.1, 0.15) is 11.7 Å². The van der Waals surface area contributed by atoms with Crippen LogP contribution in [0.15, 0.2) is 40.6 Å². The van der Waals surface area contributed by atoms with Crippen LogP contribution in [0.4, 0.5) is 0 Å². The number of halogens is 1. The van der Waals surface area contributed by atoms with Crippen molar-refractivity contribution in [2.45, 2.75) is 12.2 Å². The molecule has 0 aromatic heterocycles. The van der Waals surface area contributed by atoms with E-state index in [4.69, 9.17) is 9.47 Å². The van der Waals surface area contributed by atoms with Crippen molar-refractivity contribution in [2.75, 3.05) is 7.11 Å². The van der Waals surface area contributed by atoms with Crippen LogP contribution in [0, 0.1) is 0 Å². The number of aliphatic hydroxyl groups excluding tert-OH is 1. The second kappa shape index (κ2) is 4.89. The number of hydrogen-bond donors (Lipinski definition) is 1. The summed E-state index contributed by atoms with van der Waals surface area (Å²) in [6.07, 6.45) is -0.457. The number of ether oxygens (including phenoxy) is 2. The number of methoxy groups -OCH3 is 1. The van der Waals surface area contributed by atoms with Crippen LogP contribution >= 0.6 is 15.9 Å². The maximum atomic E-state index is 11.1. The summed E-state index contributed by atoms with van der Waals surface area (Å²) in [5.74, 6) is -0.159. The summed E-state index contributed by atoms with van der Waals surface area (Å²) in [4.78, 5) is 11.1. The maximum absolute atomic E-state index is 11.1. The monoisotopic (exact) mass is 298 g/mol. The molecule has 0 bridgehead atoms. The first-order chi connectivity index (χ1) is 8.11. The van der Waals surface area contributed by atoms with Crippen LogP contribution in [-0.2, 0) is 14.3 Å². The predicted molar refractivity (Wildman–Crippen MR) is 64.1 cm³/mol. The molecule has 2 atom stereocenters. The topological polar surface area (TPSA) is 55.8 Å². The maximum Gasteiger partial charge on any atom is 0.335 e. The molecule has 2 rings (SSSR count). The van der Waals surface area contributed by atoms with E-state index in [2.05, 4.69) is 15.9 Å². The third-order valence-electron chi connectivity index (χ3n) is 2.52. The summed E-state index contributed by atoms with van der Waals surface area (Å²) in [6, 6.07) is 7.14. The minimum Gasteiger partial charge on any atom is -0.497 e. The largest absolute Gasteiger partial charge is 0.497 e. The van der Waals surface area contributed by atoms with Gasteiger partial charge in [-0.3, -0.25) is 0 Å². The highest BCUT2D eigenvalue weighted by molar-refractivity contribution is 9.10. The minimum atomic E-state index is -0.930. The lowest BCUT2D eigenvalue weighted by molar-refractivity contribution is -0.144.